The van der Waals surface area contributed by atoms with Gasteiger partial charge in [-0.15, -0.1) is 0 Å². The van der Waals surface area contributed by atoms with Gasteiger partial charge in [0.05, 0.1) is 12.2 Å². The van der Waals surface area contributed by atoms with E-state index in [0.717, 1.165) is 6.20 Å². The first-order chi connectivity index (χ1) is 6.97. The number of carboxylic acid groups (broad SMARTS) is 1. The van der Waals surface area contributed by atoms with Crippen LogP contribution in [0, 0.1) is 0 Å². The molecule has 7 heteroatoms. The molecule has 0 aromatic carbocycles. The van der Waals surface area contributed by atoms with Crippen molar-refractivity contribution < 1.29 is 29.0 Å². The van der Waals surface area contributed by atoms with Crippen LogP contribution < -0.4 is 5.32 Å². The number of esters is 1. The van der Waals surface area contributed by atoms with Crippen LogP contribution in [0.3, 0.4) is 0 Å². The summed E-state index contributed by atoms with van der Waals surface area (Å²) < 4.78 is 8.31. The highest BCUT2D eigenvalue weighted by Crippen LogP contribution is 1.95. The van der Waals surface area contributed by atoms with E-state index in [1.165, 1.54) is 6.92 Å². The van der Waals surface area contributed by atoms with Crippen molar-refractivity contribution in [2.45, 2.75) is 13.8 Å². The fourth-order valence-corrected chi connectivity index (χ4v) is 0.559. The number of carbonyl (C=O) groups is 3. The van der Waals surface area contributed by atoms with E-state index in [0.29, 0.717) is 0 Å². The third-order valence-electron chi connectivity index (χ3n) is 1.18. The summed E-state index contributed by atoms with van der Waals surface area (Å²) in [4.78, 5) is 31.6. The van der Waals surface area contributed by atoms with Crippen molar-refractivity contribution in [1.82, 2.24) is 5.32 Å². The molecule has 0 saturated carbocycles. The Kier molecular flexibility index (Phi) is 5.53. The van der Waals surface area contributed by atoms with Gasteiger partial charge in [0.1, 0.15) is 0 Å². The van der Waals surface area contributed by atoms with Gasteiger partial charge in [0.15, 0.2) is 0 Å². The fraction of sp³-hybridized carbons (Fsp3) is 0.375. The van der Waals surface area contributed by atoms with Gasteiger partial charge in [0, 0.05) is 6.20 Å². The van der Waals surface area contributed by atoms with Gasteiger partial charge in [0.2, 0.25) is 0 Å². The number of nitrogens with one attached hydrogen (secondary N) is 1. The van der Waals surface area contributed by atoms with Crippen LogP contribution >= 0.6 is 0 Å². The minimum atomic E-state index is -1.70. The molecular formula is C8H11NO6. The lowest BCUT2D eigenvalue weighted by Crippen LogP contribution is -2.20. The van der Waals surface area contributed by atoms with Crippen LogP contribution in [0.5, 0.6) is 0 Å². The zero-order valence-corrected chi connectivity index (χ0v) is 8.27. The van der Waals surface area contributed by atoms with Crippen LogP contribution in [0.4, 0.5) is 9.59 Å². The molecule has 0 fully saturated rings. The van der Waals surface area contributed by atoms with E-state index in [-0.39, 0.29) is 12.2 Å². The molecule has 0 aromatic heterocycles. The number of ether oxygens (including phenoxy) is 2. The lowest BCUT2D eigenvalue weighted by atomic mass is 10.3. The van der Waals surface area contributed by atoms with Crippen LogP contribution in [-0.2, 0) is 14.3 Å². The molecule has 0 atom stereocenters. The van der Waals surface area contributed by atoms with E-state index >= 15 is 0 Å². The molecule has 0 bridgehead atoms. The first-order valence-corrected chi connectivity index (χ1v) is 4.02. The van der Waals surface area contributed by atoms with Crippen LogP contribution in [0.2, 0.25) is 0 Å². The summed E-state index contributed by atoms with van der Waals surface area (Å²) >= 11 is 0. The van der Waals surface area contributed by atoms with E-state index in [1.54, 1.807) is 6.92 Å². The summed E-state index contributed by atoms with van der Waals surface area (Å²) in [6, 6.07) is 0. The highest BCUT2D eigenvalue weighted by molar-refractivity contribution is 5.93. The molecule has 1 amide bonds. The summed E-state index contributed by atoms with van der Waals surface area (Å²) in [5.41, 5.74) is -0.0644. The third-order valence-corrected chi connectivity index (χ3v) is 1.18. The molecular weight excluding hydrogens is 206 g/mol. The minimum Gasteiger partial charge on any atom is -0.450 e. The lowest BCUT2D eigenvalue weighted by Gasteiger charge is -2.01. The maximum atomic E-state index is 10.9. The molecule has 0 rings (SSSR count). The molecule has 0 heterocycles. The summed E-state index contributed by atoms with van der Waals surface area (Å²) in [6.45, 7) is 3.10. The molecule has 0 unspecified atom stereocenters. The van der Waals surface area contributed by atoms with Crippen LogP contribution in [0.1, 0.15) is 13.8 Å². The van der Waals surface area contributed by atoms with Crippen molar-refractivity contribution in [2.75, 3.05) is 6.61 Å². The first kappa shape index (κ1) is 12.9. The smallest absolute Gasteiger partial charge is 0.450 e. The molecule has 0 aliphatic carbocycles. The molecule has 0 radical (unpaired) electrons. The van der Waals surface area contributed by atoms with Gasteiger partial charge >= 0.3 is 18.2 Å². The molecule has 0 aliphatic heterocycles. The Morgan fingerprint density at radius 1 is 1.40 bits per heavy atom. The Morgan fingerprint density at radius 3 is 2.47 bits per heavy atom. The normalized spacial score (nSPS) is 10.4. The minimum absolute atomic E-state index is 0.0644. The molecule has 0 saturated heterocycles. The first-order valence-electron chi connectivity index (χ1n) is 4.02. The molecule has 0 aromatic rings. The van der Waals surface area contributed by atoms with Gasteiger partial charge in [-0.05, 0) is 13.8 Å². The Balaban J connectivity index is 4.13. The van der Waals surface area contributed by atoms with Gasteiger partial charge in [-0.3, -0.25) is 5.32 Å². The van der Waals surface area contributed by atoms with Crippen molar-refractivity contribution in [1.29, 1.82) is 0 Å². The highest BCUT2D eigenvalue weighted by atomic mass is 16.7. The largest absolute Gasteiger partial charge is 0.513 e. The van der Waals surface area contributed by atoms with Gasteiger partial charge in [-0.2, -0.15) is 0 Å². The molecule has 7 nitrogen and oxygen atoms in total. The molecule has 0 aliphatic rings. The Labute approximate surface area is 85.7 Å². The van der Waals surface area contributed by atoms with Crippen LogP contribution in [-0.4, -0.2) is 29.9 Å². The lowest BCUT2D eigenvalue weighted by molar-refractivity contribution is -0.134. The van der Waals surface area contributed by atoms with E-state index in [1.807, 2.05) is 0 Å². The maximum absolute atomic E-state index is 10.9. The zero-order valence-electron chi connectivity index (χ0n) is 8.27. The van der Waals surface area contributed by atoms with Gasteiger partial charge in [-0.25, -0.2) is 14.4 Å². The fourth-order valence-electron chi connectivity index (χ4n) is 0.559. The molecule has 0 spiro atoms. The topological polar surface area (TPSA) is 102 Å². The molecule has 15 heavy (non-hydrogen) atoms. The van der Waals surface area contributed by atoms with Gasteiger partial charge in [-0.1, -0.05) is 0 Å². The summed E-state index contributed by atoms with van der Waals surface area (Å²) in [6.07, 6.45) is -1.44. The number of amides is 1. The van der Waals surface area contributed by atoms with Crippen molar-refractivity contribution in [2.24, 2.45) is 0 Å². The second kappa shape index (κ2) is 6.41. The monoisotopic (exact) mass is 217 g/mol. The van der Waals surface area contributed by atoms with E-state index < -0.39 is 18.2 Å². The third kappa shape index (κ3) is 6.08. The van der Waals surface area contributed by atoms with Gasteiger partial charge in [0.25, 0.3) is 0 Å². The molecule has 2 N–H and O–H groups in total. The summed E-state index contributed by atoms with van der Waals surface area (Å²) in [7, 11) is 0. The second-order valence-corrected chi connectivity index (χ2v) is 2.35. The summed E-state index contributed by atoms with van der Waals surface area (Å²) in [5.74, 6) is -1.06. The van der Waals surface area contributed by atoms with Crippen molar-refractivity contribution in [3.63, 3.8) is 0 Å². The number of hydrogen-bond acceptors (Lipinski definition) is 5. The average molecular weight is 217 g/mol. The van der Waals surface area contributed by atoms with Crippen molar-refractivity contribution in [3.05, 3.63) is 11.8 Å². The Bertz CT molecular complexity index is 296. The SMILES string of the molecule is CCOC(=O)NC=C(C)C(=O)OC(=O)O. The van der Waals surface area contributed by atoms with Crippen LogP contribution in [0.15, 0.2) is 11.8 Å². The Hall–Kier alpha value is -2.05. The van der Waals surface area contributed by atoms with E-state index in [9.17, 15) is 14.4 Å². The average Bonchev–Trinajstić information content (AvgIpc) is 2.13. The quantitative estimate of drug-likeness (QED) is 0.413. The number of carbonyl (C=O) groups excluding carboxylic acids is 2. The van der Waals surface area contributed by atoms with E-state index in [2.05, 4.69) is 14.8 Å². The number of rotatable bonds is 3. The molecule has 84 valence electrons. The predicted octanol–water partition coefficient (Wildman–Crippen LogP) is 0.857. The maximum Gasteiger partial charge on any atom is 0.513 e. The predicted molar refractivity (Wildman–Crippen MR) is 48.0 cm³/mol. The number of alkyl carbamates (subject to hydrolysis) is 1. The van der Waals surface area contributed by atoms with Crippen LogP contribution in [0.25, 0.3) is 0 Å². The zero-order chi connectivity index (χ0) is 11.8. The number of hydrogen-bond donors (Lipinski definition) is 2. The standard InChI is InChI=1S/C8H11NO6/c1-3-14-7(11)9-4-5(2)6(10)15-8(12)13/h4H,3H2,1-2H3,(H,9,11)(H,12,13). The van der Waals surface area contributed by atoms with E-state index in [4.69, 9.17) is 5.11 Å². The van der Waals surface area contributed by atoms with Crippen molar-refractivity contribution in [3.8, 4) is 0 Å². The Morgan fingerprint density at radius 2 is 2.00 bits per heavy atom. The highest BCUT2D eigenvalue weighted by Gasteiger charge is 2.10. The van der Waals surface area contributed by atoms with Gasteiger partial charge < -0.3 is 14.6 Å². The summed E-state index contributed by atoms with van der Waals surface area (Å²) in [5, 5.41) is 10.2. The van der Waals surface area contributed by atoms with Crippen molar-refractivity contribution >= 4 is 18.2 Å². The second-order valence-electron chi connectivity index (χ2n) is 2.35.